The van der Waals surface area contributed by atoms with E-state index < -0.39 is 5.97 Å². The fourth-order valence-corrected chi connectivity index (χ4v) is 1.27. The largest absolute Gasteiger partial charge is 0.476 e. The maximum Gasteiger partial charge on any atom is 0.358 e. The van der Waals surface area contributed by atoms with Crippen molar-refractivity contribution in [3.05, 3.63) is 29.5 Å². The highest BCUT2D eigenvalue weighted by molar-refractivity contribution is 6.00. The van der Waals surface area contributed by atoms with Gasteiger partial charge in [-0.05, 0) is 17.7 Å². The molecule has 0 unspecified atom stereocenters. The third-order valence-corrected chi connectivity index (χ3v) is 1.97. The molecule has 1 heterocycles. The second-order valence-electron chi connectivity index (χ2n) is 2.87. The highest BCUT2D eigenvalue weighted by Gasteiger charge is 2.14. The third-order valence-electron chi connectivity index (χ3n) is 1.97. The number of carbonyl (C=O) groups is 1. The summed E-state index contributed by atoms with van der Waals surface area (Å²) >= 11 is 0. The number of hydrogen-bond donors (Lipinski definition) is 2. The second kappa shape index (κ2) is 3.12. The van der Waals surface area contributed by atoms with Crippen molar-refractivity contribution in [2.75, 3.05) is 0 Å². The lowest BCUT2D eigenvalue weighted by Gasteiger charge is -1.94. The van der Waals surface area contributed by atoms with Crippen LogP contribution < -0.4 is 5.73 Å². The molecule has 0 spiro atoms. The van der Waals surface area contributed by atoms with Gasteiger partial charge in [-0.25, -0.2) is 4.79 Å². The Bertz CT molecular complexity index is 490. The monoisotopic (exact) mass is 192 g/mol. The quantitative estimate of drug-likeness (QED) is 0.740. The number of hydrogen-bond acceptors (Lipinski definition) is 4. The number of fused-ring (bicyclic) bond motifs is 1. The van der Waals surface area contributed by atoms with E-state index in [9.17, 15) is 4.79 Å². The first-order valence-electron chi connectivity index (χ1n) is 4.04. The molecule has 0 saturated carbocycles. The van der Waals surface area contributed by atoms with E-state index in [1.807, 2.05) is 0 Å². The molecule has 0 atom stereocenters. The molecule has 72 valence electrons. The summed E-state index contributed by atoms with van der Waals surface area (Å²) < 4.78 is 4.84. The van der Waals surface area contributed by atoms with Crippen LogP contribution in [0.2, 0.25) is 0 Å². The molecule has 5 nitrogen and oxygen atoms in total. The number of nitrogens with zero attached hydrogens (tertiary/aromatic N) is 1. The summed E-state index contributed by atoms with van der Waals surface area (Å²) in [5.41, 5.74) is 6.67. The topological polar surface area (TPSA) is 89.4 Å². The van der Waals surface area contributed by atoms with Gasteiger partial charge in [0.05, 0.1) is 5.39 Å². The first-order valence-corrected chi connectivity index (χ1v) is 4.04. The molecule has 0 aliphatic rings. The summed E-state index contributed by atoms with van der Waals surface area (Å²) in [4.78, 5) is 10.7. The Labute approximate surface area is 79.1 Å². The lowest BCUT2D eigenvalue weighted by Crippen LogP contribution is -1.98. The molecule has 5 heteroatoms. The Morgan fingerprint density at radius 3 is 3.00 bits per heavy atom. The predicted octanol–water partition coefficient (Wildman–Crippen LogP) is 0.985. The Kier molecular flexibility index (Phi) is 1.94. The number of carboxylic acid groups (broad SMARTS) is 1. The van der Waals surface area contributed by atoms with E-state index in [4.69, 9.17) is 15.4 Å². The lowest BCUT2D eigenvalue weighted by atomic mass is 10.1. The van der Waals surface area contributed by atoms with Crippen LogP contribution in [0.5, 0.6) is 0 Å². The van der Waals surface area contributed by atoms with Gasteiger partial charge in [-0.3, -0.25) is 0 Å². The molecule has 14 heavy (non-hydrogen) atoms. The van der Waals surface area contributed by atoms with Gasteiger partial charge >= 0.3 is 5.97 Å². The molecule has 3 N–H and O–H groups in total. The number of aromatic nitrogens is 1. The van der Waals surface area contributed by atoms with Crippen molar-refractivity contribution in [1.29, 1.82) is 0 Å². The third kappa shape index (κ3) is 1.23. The van der Waals surface area contributed by atoms with Gasteiger partial charge in [0, 0.05) is 6.54 Å². The van der Waals surface area contributed by atoms with E-state index in [1.165, 1.54) is 0 Å². The van der Waals surface area contributed by atoms with Gasteiger partial charge in [0.15, 0.2) is 11.3 Å². The Morgan fingerprint density at radius 2 is 2.36 bits per heavy atom. The first-order chi connectivity index (χ1) is 6.72. The maximum absolute atomic E-state index is 10.7. The van der Waals surface area contributed by atoms with Crippen LogP contribution in [0.25, 0.3) is 11.0 Å². The van der Waals surface area contributed by atoms with Gasteiger partial charge < -0.3 is 15.4 Å². The van der Waals surface area contributed by atoms with Crippen LogP contribution in [0.15, 0.2) is 22.7 Å². The van der Waals surface area contributed by atoms with Crippen molar-refractivity contribution in [2.24, 2.45) is 5.73 Å². The van der Waals surface area contributed by atoms with E-state index in [1.54, 1.807) is 18.2 Å². The van der Waals surface area contributed by atoms with Crippen molar-refractivity contribution in [3.8, 4) is 0 Å². The van der Waals surface area contributed by atoms with Crippen LogP contribution in [0.4, 0.5) is 0 Å². The average molecular weight is 192 g/mol. The average Bonchev–Trinajstić information content (AvgIpc) is 2.59. The van der Waals surface area contributed by atoms with E-state index in [0.717, 1.165) is 5.56 Å². The molecule has 0 radical (unpaired) electrons. The number of rotatable bonds is 2. The van der Waals surface area contributed by atoms with Crippen molar-refractivity contribution >= 4 is 16.9 Å². The SMILES string of the molecule is NCc1ccc2onc(C(=O)O)c2c1. The molecule has 2 aromatic rings. The van der Waals surface area contributed by atoms with Gasteiger partial charge in [0.1, 0.15) is 0 Å². The standard InChI is InChI=1S/C9H8N2O3/c10-4-5-1-2-7-6(3-5)8(9(12)13)11-14-7/h1-3H,4,10H2,(H,12,13). The minimum atomic E-state index is -1.10. The number of nitrogens with two attached hydrogens (primary N) is 1. The van der Waals surface area contributed by atoms with Crippen LogP contribution >= 0.6 is 0 Å². The second-order valence-corrected chi connectivity index (χ2v) is 2.87. The molecule has 1 aromatic carbocycles. The zero-order valence-corrected chi connectivity index (χ0v) is 7.23. The molecule has 2 rings (SSSR count). The van der Waals surface area contributed by atoms with Gasteiger partial charge in [0.2, 0.25) is 0 Å². The summed E-state index contributed by atoms with van der Waals surface area (Å²) in [5, 5.41) is 12.7. The van der Waals surface area contributed by atoms with Crippen LogP contribution in [-0.2, 0) is 6.54 Å². The zero-order chi connectivity index (χ0) is 10.1. The van der Waals surface area contributed by atoms with Gasteiger partial charge in [0.25, 0.3) is 0 Å². The summed E-state index contributed by atoms with van der Waals surface area (Å²) in [6, 6.07) is 5.12. The van der Waals surface area contributed by atoms with Crippen LogP contribution in [0.1, 0.15) is 16.1 Å². The summed E-state index contributed by atoms with van der Waals surface area (Å²) in [6.07, 6.45) is 0. The molecular formula is C9H8N2O3. The minimum Gasteiger partial charge on any atom is -0.476 e. The molecule has 0 aliphatic carbocycles. The summed E-state index contributed by atoms with van der Waals surface area (Å²) in [5.74, 6) is -1.10. The molecule has 0 bridgehead atoms. The summed E-state index contributed by atoms with van der Waals surface area (Å²) in [6.45, 7) is 0.361. The first kappa shape index (κ1) is 8.71. The number of benzene rings is 1. The molecule has 1 aromatic heterocycles. The predicted molar refractivity (Wildman–Crippen MR) is 48.9 cm³/mol. The normalized spacial score (nSPS) is 10.6. The van der Waals surface area contributed by atoms with E-state index >= 15 is 0 Å². The fraction of sp³-hybridized carbons (Fsp3) is 0.111. The maximum atomic E-state index is 10.7. The smallest absolute Gasteiger partial charge is 0.358 e. The van der Waals surface area contributed by atoms with Crippen molar-refractivity contribution < 1.29 is 14.4 Å². The molecule has 0 amide bonds. The van der Waals surface area contributed by atoms with Crippen molar-refractivity contribution in [1.82, 2.24) is 5.16 Å². The van der Waals surface area contributed by atoms with Crippen molar-refractivity contribution in [3.63, 3.8) is 0 Å². The molecule has 0 fully saturated rings. The van der Waals surface area contributed by atoms with Crippen LogP contribution in [0, 0.1) is 0 Å². The molecular weight excluding hydrogens is 184 g/mol. The van der Waals surface area contributed by atoms with E-state index in [2.05, 4.69) is 5.16 Å². The molecule has 0 aliphatic heterocycles. The zero-order valence-electron chi connectivity index (χ0n) is 7.23. The van der Waals surface area contributed by atoms with Crippen LogP contribution in [0.3, 0.4) is 0 Å². The summed E-state index contributed by atoms with van der Waals surface area (Å²) in [7, 11) is 0. The fourth-order valence-electron chi connectivity index (χ4n) is 1.27. The van der Waals surface area contributed by atoms with E-state index in [-0.39, 0.29) is 5.69 Å². The molecule has 0 saturated heterocycles. The highest BCUT2D eigenvalue weighted by atomic mass is 16.5. The number of carboxylic acids is 1. The van der Waals surface area contributed by atoms with Gasteiger partial charge in [-0.15, -0.1) is 0 Å². The highest BCUT2D eigenvalue weighted by Crippen LogP contribution is 2.19. The van der Waals surface area contributed by atoms with Crippen molar-refractivity contribution in [2.45, 2.75) is 6.54 Å². The minimum absolute atomic E-state index is 0.0738. The van der Waals surface area contributed by atoms with Gasteiger partial charge in [-0.1, -0.05) is 11.2 Å². The Balaban J connectivity index is 2.69. The van der Waals surface area contributed by atoms with Gasteiger partial charge in [-0.2, -0.15) is 0 Å². The van der Waals surface area contributed by atoms with Crippen LogP contribution in [-0.4, -0.2) is 16.2 Å². The Hall–Kier alpha value is -1.88. The van der Waals surface area contributed by atoms with E-state index in [0.29, 0.717) is 17.5 Å². The Morgan fingerprint density at radius 1 is 1.57 bits per heavy atom. The lowest BCUT2D eigenvalue weighted by molar-refractivity contribution is 0.0688. The number of aromatic carboxylic acids is 1.